The van der Waals surface area contributed by atoms with Gasteiger partial charge in [0.2, 0.25) is 5.88 Å². The van der Waals surface area contributed by atoms with Crippen molar-refractivity contribution in [2.45, 2.75) is 51.2 Å². The van der Waals surface area contributed by atoms with Gasteiger partial charge in [-0.3, -0.25) is 5.14 Å². The Bertz CT molecular complexity index is 563. The third-order valence-corrected chi connectivity index (χ3v) is 5.87. The minimum Gasteiger partial charge on any atom is -0.481 e. The van der Waals surface area contributed by atoms with Crippen LogP contribution < -0.4 is 15.2 Å². The largest absolute Gasteiger partial charge is 0.481 e. The molecule has 1 saturated heterocycles. The highest BCUT2D eigenvalue weighted by atomic mass is 32.2. The van der Waals surface area contributed by atoms with E-state index in [2.05, 4.69) is 16.4 Å². The minimum absolute atomic E-state index is 0.250. The highest BCUT2D eigenvalue weighted by Gasteiger charge is 2.38. The van der Waals surface area contributed by atoms with E-state index < -0.39 is 11.0 Å². The number of pyridine rings is 1. The SMILES string of the molecule is CC(C)(C)S(N)=O.COc1cc2c(cn1)CC1(CCNCC1)C2. The Hall–Kier alpha value is -0.980. The first kappa shape index (κ1) is 18.4. The van der Waals surface area contributed by atoms with Crippen molar-refractivity contribution in [3.05, 3.63) is 23.4 Å². The van der Waals surface area contributed by atoms with Crippen molar-refractivity contribution >= 4 is 11.0 Å². The number of fused-ring (bicyclic) bond motifs is 1. The molecule has 23 heavy (non-hydrogen) atoms. The van der Waals surface area contributed by atoms with Crippen molar-refractivity contribution in [2.24, 2.45) is 10.6 Å². The van der Waals surface area contributed by atoms with Crippen LogP contribution in [0.2, 0.25) is 0 Å². The zero-order valence-corrected chi connectivity index (χ0v) is 15.5. The van der Waals surface area contributed by atoms with E-state index >= 15 is 0 Å². The fourth-order valence-corrected chi connectivity index (χ4v) is 3.12. The zero-order chi connectivity index (χ0) is 17.1. The topological polar surface area (TPSA) is 77.2 Å². The highest BCUT2D eigenvalue weighted by molar-refractivity contribution is 7.84. The summed E-state index contributed by atoms with van der Waals surface area (Å²) in [5.74, 6) is 0.754. The highest BCUT2D eigenvalue weighted by Crippen LogP contribution is 2.43. The molecule has 130 valence electrons. The molecule has 1 spiro atoms. The molecule has 0 amide bonds. The van der Waals surface area contributed by atoms with Crippen molar-refractivity contribution in [1.82, 2.24) is 10.3 Å². The van der Waals surface area contributed by atoms with Gasteiger partial charge in [-0.25, -0.2) is 9.19 Å². The summed E-state index contributed by atoms with van der Waals surface area (Å²) in [6, 6.07) is 2.12. The first-order chi connectivity index (χ1) is 10.8. The van der Waals surface area contributed by atoms with Crippen molar-refractivity contribution < 1.29 is 8.95 Å². The molecular formula is C17H29N3O2S. The maximum atomic E-state index is 10.4. The van der Waals surface area contributed by atoms with E-state index in [0.717, 1.165) is 5.88 Å². The molecule has 2 aliphatic rings. The molecule has 2 heterocycles. The van der Waals surface area contributed by atoms with E-state index in [0.29, 0.717) is 5.41 Å². The molecule has 1 unspecified atom stereocenters. The van der Waals surface area contributed by atoms with Crippen molar-refractivity contribution in [3.8, 4) is 5.88 Å². The number of ether oxygens (including phenoxy) is 1. The van der Waals surface area contributed by atoms with Gasteiger partial charge in [0.25, 0.3) is 0 Å². The van der Waals surface area contributed by atoms with Gasteiger partial charge in [0.15, 0.2) is 0 Å². The zero-order valence-electron chi connectivity index (χ0n) is 14.6. The molecular weight excluding hydrogens is 310 g/mol. The maximum Gasteiger partial charge on any atom is 0.213 e. The summed E-state index contributed by atoms with van der Waals surface area (Å²) in [4.78, 5) is 4.31. The van der Waals surface area contributed by atoms with Crippen molar-refractivity contribution in [1.29, 1.82) is 0 Å². The third kappa shape index (κ3) is 4.75. The van der Waals surface area contributed by atoms with Gasteiger partial charge < -0.3 is 10.1 Å². The monoisotopic (exact) mass is 339 g/mol. The van der Waals surface area contributed by atoms with Crippen LogP contribution in [-0.2, 0) is 23.8 Å². The lowest BCUT2D eigenvalue weighted by Crippen LogP contribution is -2.37. The molecule has 0 aromatic carbocycles. The van der Waals surface area contributed by atoms with Gasteiger partial charge in [0, 0.05) is 12.3 Å². The molecule has 1 aliphatic carbocycles. The molecule has 6 heteroatoms. The van der Waals surface area contributed by atoms with E-state index in [-0.39, 0.29) is 4.75 Å². The number of nitrogens with one attached hydrogen (secondary N) is 1. The van der Waals surface area contributed by atoms with Gasteiger partial charge in [0.1, 0.15) is 0 Å². The maximum absolute atomic E-state index is 10.4. The minimum atomic E-state index is -1.18. The molecule has 1 aromatic rings. The smallest absolute Gasteiger partial charge is 0.213 e. The van der Waals surface area contributed by atoms with Gasteiger partial charge in [-0.05, 0) is 76.1 Å². The van der Waals surface area contributed by atoms with Crippen LogP contribution in [0, 0.1) is 5.41 Å². The molecule has 5 nitrogen and oxygen atoms in total. The summed E-state index contributed by atoms with van der Waals surface area (Å²) in [5, 5.41) is 8.49. The number of nitrogens with two attached hydrogens (primary N) is 1. The van der Waals surface area contributed by atoms with E-state index in [1.54, 1.807) is 7.11 Å². The second-order valence-electron chi connectivity index (χ2n) is 7.51. The molecule has 1 aliphatic heterocycles. The number of piperidine rings is 1. The summed E-state index contributed by atoms with van der Waals surface area (Å²) in [7, 11) is 0.502. The van der Waals surface area contributed by atoms with Crippen LogP contribution in [0.1, 0.15) is 44.7 Å². The van der Waals surface area contributed by atoms with Gasteiger partial charge >= 0.3 is 0 Å². The lowest BCUT2D eigenvalue weighted by atomic mass is 9.76. The Labute approximate surface area is 142 Å². The van der Waals surface area contributed by atoms with Crippen molar-refractivity contribution in [3.63, 3.8) is 0 Å². The van der Waals surface area contributed by atoms with Gasteiger partial charge in [-0.2, -0.15) is 0 Å². The summed E-state index contributed by atoms with van der Waals surface area (Å²) >= 11 is 0. The van der Waals surface area contributed by atoms with Crippen LogP contribution in [0.5, 0.6) is 5.88 Å². The first-order valence-corrected chi connectivity index (χ1v) is 9.36. The lowest BCUT2D eigenvalue weighted by Gasteiger charge is -2.33. The predicted octanol–water partition coefficient (Wildman–Crippen LogP) is 1.97. The first-order valence-electron chi connectivity index (χ1n) is 8.15. The molecule has 0 radical (unpaired) electrons. The summed E-state index contributed by atoms with van der Waals surface area (Å²) in [6.07, 6.45) is 7.02. The van der Waals surface area contributed by atoms with Crippen LogP contribution in [0.4, 0.5) is 0 Å². The number of hydrogen-bond donors (Lipinski definition) is 2. The molecule has 0 saturated carbocycles. The Morgan fingerprint density at radius 1 is 1.26 bits per heavy atom. The van der Waals surface area contributed by atoms with E-state index in [1.165, 1.54) is 49.9 Å². The number of nitrogens with zero attached hydrogens (tertiary/aromatic N) is 1. The second-order valence-corrected chi connectivity index (χ2v) is 9.33. The normalized spacial score (nSPS) is 20.4. The second kappa shape index (κ2) is 7.28. The van der Waals surface area contributed by atoms with E-state index in [9.17, 15) is 4.21 Å². The fourth-order valence-electron chi connectivity index (χ4n) is 3.12. The number of aromatic nitrogens is 1. The Kier molecular flexibility index (Phi) is 5.81. The molecule has 0 bridgehead atoms. The van der Waals surface area contributed by atoms with Gasteiger partial charge in [-0.1, -0.05) is 0 Å². The lowest BCUT2D eigenvalue weighted by molar-refractivity contribution is 0.216. The van der Waals surface area contributed by atoms with Crippen LogP contribution >= 0.6 is 0 Å². The van der Waals surface area contributed by atoms with E-state index in [1.807, 2.05) is 27.0 Å². The van der Waals surface area contributed by atoms with Crippen LogP contribution in [-0.4, -0.2) is 34.1 Å². The molecule has 3 rings (SSSR count). The summed E-state index contributed by atoms with van der Waals surface area (Å²) in [5.41, 5.74) is 3.40. The van der Waals surface area contributed by atoms with Crippen molar-refractivity contribution in [2.75, 3.05) is 20.2 Å². The summed E-state index contributed by atoms with van der Waals surface area (Å²) in [6.45, 7) is 7.84. The molecule has 1 fully saturated rings. The van der Waals surface area contributed by atoms with Gasteiger partial charge in [-0.15, -0.1) is 0 Å². The summed E-state index contributed by atoms with van der Waals surface area (Å²) < 4.78 is 15.3. The third-order valence-electron chi connectivity index (χ3n) is 4.67. The van der Waals surface area contributed by atoms with Crippen LogP contribution in [0.3, 0.4) is 0 Å². The number of hydrogen-bond acceptors (Lipinski definition) is 4. The average molecular weight is 340 g/mol. The van der Waals surface area contributed by atoms with Crippen LogP contribution in [0.25, 0.3) is 0 Å². The standard InChI is InChI=1S/C13H18N2O.C4H11NOS/c1-16-12-6-10-7-13(2-4-14-5-3-13)8-11(10)9-15-12;1-4(2,3)7(5)6/h6,9,14H,2-5,7-8H2,1H3;5H2,1-3H3. The molecule has 1 aromatic heterocycles. The number of rotatable bonds is 1. The predicted molar refractivity (Wildman–Crippen MR) is 94.8 cm³/mol. The molecule has 1 atom stereocenters. The quantitative estimate of drug-likeness (QED) is 0.820. The van der Waals surface area contributed by atoms with Crippen LogP contribution in [0.15, 0.2) is 12.3 Å². The Balaban J connectivity index is 0.000000236. The Morgan fingerprint density at radius 3 is 2.35 bits per heavy atom. The van der Waals surface area contributed by atoms with Gasteiger partial charge in [0.05, 0.1) is 22.8 Å². The Morgan fingerprint density at radius 2 is 1.83 bits per heavy atom. The average Bonchev–Trinajstić information content (AvgIpc) is 2.83. The van der Waals surface area contributed by atoms with E-state index in [4.69, 9.17) is 9.88 Å². The molecule has 3 N–H and O–H groups in total. The fraction of sp³-hybridized carbons (Fsp3) is 0.706. The number of methoxy groups -OCH3 is 1.